The van der Waals surface area contributed by atoms with E-state index in [9.17, 15) is 4.79 Å². The van der Waals surface area contributed by atoms with Crippen LogP contribution in [0.5, 0.6) is 0 Å². The minimum atomic E-state index is -0.283. The molecule has 0 aliphatic heterocycles. The van der Waals surface area contributed by atoms with Gasteiger partial charge in [-0.15, -0.1) is 0 Å². The van der Waals surface area contributed by atoms with Crippen LogP contribution < -0.4 is 5.32 Å². The van der Waals surface area contributed by atoms with E-state index >= 15 is 0 Å². The maximum atomic E-state index is 11.1. The second kappa shape index (κ2) is 5.02. The van der Waals surface area contributed by atoms with Gasteiger partial charge in [-0.1, -0.05) is 13.0 Å². The number of rotatable bonds is 5. The topological polar surface area (TPSA) is 38.3 Å². The summed E-state index contributed by atoms with van der Waals surface area (Å²) in [6, 6.07) is 0.589. The molecule has 0 atom stereocenters. The number of esters is 1. The van der Waals surface area contributed by atoms with Crippen LogP contribution >= 0.6 is 0 Å². The Morgan fingerprint density at radius 2 is 2.31 bits per heavy atom. The monoisotopic (exact) mass is 183 g/mol. The molecular weight excluding hydrogens is 166 g/mol. The Kier molecular flexibility index (Phi) is 3.96. The van der Waals surface area contributed by atoms with Crippen LogP contribution in [0.25, 0.3) is 0 Å². The molecule has 0 amide bonds. The lowest BCUT2D eigenvalue weighted by molar-refractivity contribution is -0.138. The smallest absolute Gasteiger partial charge is 0.334 e. The molecule has 0 aromatic rings. The van der Waals surface area contributed by atoms with Gasteiger partial charge < -0.3 is 10.1 Å². The number of hydrogen-bond donors (Lipinski definition) is 1. The van der Waals surface area contributed by atoms with Crippen molar-refractivity contribution >= 4 is 5.97 Å². The summed E-state index contributed by atoms with van der Waals surface area (Å²) in [4.78, 5) is 11.1. The molecule has 13 heavy (non-hydrogen) atoms. The minimum Gasteiger partial charge on any atom is -0.463 e. The molecule has 0 aromatic heterocycles. The Hall–Kier alpha value is -0.830. The maximum absolute atomic E-state index is 11.1. The molecule has 1 saturated carbocycles. The van der Waals surface area contributed by atoms with E-state index in [4.69, 9.17) is 4.74 Å². The zero-order valence-electron chi connectivity index (χ0n) is 8.14. The second-order valence-electron chi connectivity index (χ2n) is 3.33. The lowest BCUT2D eigenvalue weighted by Crippen LogP contribution is -2.37. The van der Waals surface area contributed by atoms with Crippen LogP contribution in [0.4, 0.5) is 0 Å². The molecule has 1 aliphatic carbocycles. The van der Waals surface area contributed by atoms with Gasteiger partial charge in [-0.05, 0) is 19.8 Å². The van der Waals surface area contributed by atoms with Crippen molar-refractivity contribution < 1.29 is 9.53 Å². The van der Waals surface area contributed by atoms with Gasteiger partial charge in [0, 0.05) is 18.2 Å². The molecule has 1 rings (SSSR count). The molecule has 0 bridgehead atoms. The Balaban J connectivity index is 2.12. The fourth-order valence-corrected chi connectivity index (χ4v) is 1.19. The highest BCUT2D eigenvalue weighted by molar-refractivity contribution is 5.88. The van der Waals surface area contributed by atoms with Crippen molar-refractivity contribution in [3.8, 4) is 0 Å². The zero-order valence-corrected chi connectivity index (χ0v) is 8.14. The SMILES string of the molecule is C=C(CNC1CCC1)C(=O)OCC. The highest BCUT2D eigenvalue weighted by atomic mass is 16.5. The van der Waals surface area contributed by atoms with Crippen molar-refractivity contribution in [2.75, 3.05) is 13.2 Å². The van der Waals surface area contributed by atoms with E-state index in [0.717, 1.165) is 0 Å². The Labute approximate surface area is 79.2 Å². The van der Waals surface area contributed by atoms with Crippen LogP contribution in [0, 0.1) is 0 Å². The van der Waals surface area contributed by atoms with Gasteiger partial charge in [0.05, 0.1) is 6.61 Å². The molecule has 0 radical (unpaired) electrons. The van der Waals surface area contributed by atoms with Crippen molar-refractivity contribution in [1.82, 2.24) is 5.32 Å². The summed E-state index contributed by atoms with van der Waals surface area (Å²) in [6.45, 7) is 6.44. The molecule has 0 unspecified atom stereocenters. The van der Waals surface area contributed by atoms with Crippen LogP contribution in [-0.4, -0.2) is 25.2 Å². The number of hydrogen-bond acceptors (Lipinski definition) is 3. The van der Waals surface area contributed by atoms with Crippen LogP contribution in [0.15, 0.2) is 12.2 Å². The molecule has 0 spiro atoms. The van der Waals surface area contributed by atoms with Gasteiger partial charge >= 0.3 is 5.97 Å². The minimum absolute atomic E-state index is 0.283. The van der Waals surface area contributed by atoms with Crippen molar-refractivity contribution in [3.63, 3.8) is 0 Å². The Morgan fingerprint density at radius 3 is 2.77 bits per heavy atom. The van der Waals surface area contributed by atoms with Gasteiger partial charge in [0.1, 0.15) is 0 Å². The van der Waals surface area contributed by atoms with Gasteiger partial charge in [0.25, 0.3) is 0 Å². The van der Waals surface area contributed by atoms with Gasteiger partial charge in [0.15, 0.2) is 0 Å². The fraction of sp³-hybridized carbons (Fsp3) is 0.700. The Morgan fingerprint density at radius 1 is 1.62 bits per heavy atom. The van der Waals surface area contributed by atoms with E-state index < -0.39 is 0 Å². The molecule has 3 heteroatoms. The second-order valence-corrected chi connectivity index (χ2v) is 3.33. The van der Waals surface area contributed by atoms with Crippen LogP contribution in [-0.2, 0) is 9.53 Å². The van der Waals surface area contributed by atoms with E-state index in [2.05, 4.69) is 11.9 Å². The number of carbonyl (C=O) groups is 1. The van der Waals surface area contributed by atoms with Gasteiger partial charge in [-0.3, -0.25) is 0 Å². The fourth-order valence-electron chi connectivity index (χ4n) is 1.19. The molecule has 3 nitrogen and oxygen atoms in total. The first kappa shape index (κ1) is 10.3. The summed E-state index contributed by atoms with van der Waals surface area (Å²) in [6.07, 6.45) is 3.73. The lowest BCUT2D eigenvalue weighted by atomic mass is 9.93. The molecule has 0 saturated heterocycles. The molecular formula is C10H17NO2. The summed E-state index contributed by atoms with van der Waals surface area (Å²) in [5.41, 5.74) is 0.522. The third kappa shape index (κ3) is 3.19. The first-order chi connectivity index (χ1) is 6.24. The van der Waals surface area contributed by atoms with Gasteiger partial charge in [-0.25, -0.2) is 4.79 Å². The van der Waals surface area contributed by atoms with E-state index in [1.165, 1.54) is 19.3 Å². The van der Waals surface area contributed by atoms with Crippen molar-refractivity contribution in [3.05, 3.63) is 12.2 Å². The third-order valence-electron chi connectivity index (χ3n) is 2.27. The summed E-state index contributed by atoms with van der Waals surface area (Å²) in [5, 5.41) is 3.26. The Bertz CT molecular complexity index is 197. The van der Waals surface area contributed by atoms with E-state index in [0.29, 0.717) is 24.8 Å². The number of nitrogens with one attached hydrogen (secondary N) is 1. The molecule has 0 aromatic carbocycles. The molecule has 74 valence electrons. The predicted molar refractivity (Wildman–Crippen MR) is 51.4 cm³/mol. The first-order valence-corrected chi connectivity index (χ1v) is 4.82. The normalized spacial score (nSPS) is 16.4. The lowest BCUT2D eigenvalue weighted by Gasteiger charge is -2.26. The van der Waals surface area contributed by atoms with E-state index in [-0.39, 0.29) is 5.97 Å². The highest BCUT2D eigenvalue weighted by Gasteiger charge is 2.17. The molecule has 1 N–H and O–H groups in total. The average Bonchev–Trinajstić information content (AvgIpc) is 2.01. The third-order valence-corrected chi connectivity index (χ3v) is 2.27. The van der Waals surface area contributed by atoms with E-state index in [1.54, 1.807) is 6.92 Å². The highest BCUT2D eigenvalue weighted by Crippen LogP contribution is 2.17. The van der Waals surface area contributed by atoms with Gasteiger partial charge in [0.2, 0.25) is 0 Å². The largest absolute Gasteiger partial charge is 0.463 e. The van der Waals surface area contributed by atoms with Crippen molar-refractivity contribution in [2.24, 2.45) is 0 Å². The zero-order chi connectivity index (χ0) is 9.68. The summed E-state index contributed by atoms with van der Waals surface area (Å²) < 4.78 is 4.81. The maximum Gasteiger partial charge on any atom is 0.334 e. The van der Waals surface area contributed by atoms with Crippen LogP contribution in [0.3, 0.4) is 0 Å². The standard InChI is InChI=1S/C10H17NO2/c1-3-13-10(12)8(2)7-11-9-5-4-6-9/h9,11H,2-7H2,1H3. The molecule has 1 fully saturated rings. The van der Waals surface area contributed by atoms with Crippen molar-refractivity contribution in [2.45, 2.75) is 32.2 Å². The summed E-state index contributed by atoms with van der Waals surface area (Å²) in [7, 11) is 0. The van der Waals surface area contributed by atoms with E-state index in [1.807, 2.05) is 0 Å². The molecule has 0 heterocycles. The van der Waals surface area contributed by atoms with Crippen LogP contribution in [0.2, 0.25) is 0 Å². The first-order valence-electron chi connectivity index (χ1n) is 4.82. The predicted octanol–water partition coefficient (Wildman–Crippen LogP) is 1.25. The quantitative estimate of drug-likeness (QED) is 0.515. The number of ether oxygens (including phenoxy) is 1. The summed E-state index contributed by atoms with van der Waals surface area (Å²) in [5.74, 6) is -0.283. The summed E-state index contributed by atoms with van der Waals surface area (Å²) >= 11 is 0. The average molecular weight is 183 g/mol. The van der Waals surface area contributed by atoms with Crippen molar-refractivity contribution in [1.29, 1.82) is 0 Å². The molecule has 1 aliphatic rings. The van der Waals surface area contributed by atoms with Gasteiger partial charge in [-0.2, -0.15) is 0 Å². The van der Waals surface area contributed by atoms with Crippen LogP contribution in [0.1, 0.15) is 26.2 Å². The number of carbonyl (C=O) groups excluding carboxylic acids is 1.